The predicted octanol–water partition coefficient (Wildman–Crippen LogP) is -0.759. The topological polar surface area (TPSA) is 104 Å². The van der Waals surface area contributed by atoms with Crippen molar-refractivity contribution in [2.45, 2.75) is 13.0 Å². The Morgan fingerprint density at radius 3 is 2.81 bits per heavy atom. The number of aromatic amines is 1. The summed E-state index contributed by atoms with van der Waals surface area (Å²) in [6, 6.07) is -0.494. The summed E-state index contributed by atoms with van der Waals surface area (Å²) in [7, 11) is 3.30. The zero-order valence-electron chi connectivity index (χ0n) is 9.44. The summed E-state index contributed by atoms with van der Waals surface area (Å²) in [5.74, 6) is 0.0907. The monoisotopic (exact) mass is 225 g/mol. The van der Waals surface area contributed by atoms with E-state index in [0.29, 0.717) is 0 Å². The van der Waals surface area contributed by atoms with Crippen molar-refractivity contribution in [2.75, 3.05) is 25.1 Å². The van der Waals surface area contributed by atoms with Crippen LogP contribution in [0.25, 0.3) is 0 Å². The molecule has 88 valence electrons. The van der Waals surface area contributed by atoms with Gasteiger partial charge in [-0.15, -0.1) is 0 Å². The second kappa shape index (κ2) is 4.65. The van der Waals surface area contributed by atoms with E-state index >= 15 is 0 Å². The average molecular weight is 225 g/mol. The summed E-state index contributed by atoms with van der Waals surface area (Å²) in [5.41, 5.74) is 5.06. The number of nitrogen functional groups attached to an aromatic ring is 1. The molecule has 1 aromatic heterocycles. The molecule has 1 rings (SSSR count). The van der Waals surface area contributed by atoms with Gasteiger partial charge in [-0.25, -0.2) is 4.98 Å². The van der Waals surface area contributed by atoms with Gasteiger partial charge in [0.1, 0.15) is 11.7 Å². The Hall–Kier alpha value is -2.05. The molecule has 0 aliphatic heterocycles. The first-order chi connectivity index (χ1) is 7.43. The Bertz CT molecular complexity index is 440. The number of nitrogens with two attached hydrogens (primary N) is 1. The number of aromatic nitrogens is 2. The van der Waals surface area contributed by atoms with Crippen molar-refractivity contribution in [3.05, 3.63) is 16.7 Å². The normalized spacial score (nSPS) is 11.9. The highest BCUT2D eigenvalue weighted by molar-refractivity contribution is 5.84. The molecular formula is C9H15N5O2. The third kappa shape index (κ3) is 2.50. The zero-order chi connectivity index (χ0) is 12.3. The van der Waals surface area contributed by atoms with E-state index in [1.165, 1.54) is 11.2 Å². The molecule has 0 fully saturated rings. The maximum Gasteiger partial charge on any atom is 0.276 e. The van der Waals surface area contributed by atoms with Gasteiger partial charge in [-0.3, -0.25) is 9.59 Å². The third-order valence-electron chi connectivity index (χ3n) is 2.05. The lowest BCUT2D eigenvalue weighted by Gasteiger charge is -2.18. The highest BCUT2D eigenvalue weighted by atomic mass is 16.2. The van der Waals surface area contributed by atoms with Crippen LogP contribution in [0.15, 0.2) is 11.1 Å². The number of nitrogens with one attached hydrogen (secondary N) is 2. The number of carbonyl (C=O) groups excluding carboxylic acids is 1. The maximum atomic E-state index is 11.6. The molecule has 4 N–H and O–H groups in total. The van der Waals surface area contributed by atoms with Crippen LogP contribution in [-0.4, -0.2) is 40.9 Å². The van der Waals surface area contributed by atoms with Crippen molar-refractivity contribution >= 4 is 17.4 Å². The molecule has 7 heteroatoms. The van der Waals surface area contributed by atoms with Crippen molar-refractivity contribution < 1.29 is 4.79 Å². The number of nitrogens with zero attached hydrogens (tertiary/aromatic N) is 2. The van der Waals surface area contributed by atoms with Crippen LogP contribution in [-0.2, 0) is 4.79 Å². The smallest absolute Gasteiger partial charge is 0.276 e. The molecule has 0 saturated heterocycles. The summed E-state index contributed by atoms with van der Waals surface area (Å²) < 4.78 is 0. The van der Waals surface area contributed by atoms with Crippen molar-refractivity contribution in [1.82, 2.24) is 14.9 Å². The molecular weight excluding hydrogens is 210 g/mol. The molecule has 0 aromatic carbocycles. The molecule has 7 nitrogen and oxygen atoms in total. The van der Waals surface area contributed by atoms with Gasteiger partial charge in [-0.1, -0.05) is 0 Å². The second-order valence-corrected chi connectivity index (χ2v) is 3.59. The van der Waals surface area contributed by atoms with Gasteiger partial charge in [0.2, 0.25) is 5.91 Å². The highest BCUT2D eigenvalue weighted by Crippen LogP contribution is 2.09. The Balaban J connectivity index is 2.85. The lowest BCUT2D eigenvalue weighted by atomic mass is 10.3. The fourth-order valence-corrected chi connectivity index (χ4v) is 1.18. The number of hydrogen-bond acceptors (Lipinski definition) is 5. The van der Waals surface area contributed by atoms with Gasteiger partial charge in [-0.05, 0) is 6.92 Å². The molecule has 1 heterocycles. The number of anilines is 2. The Morgan fingerprint density at radius 2 is 2.25 bits per heavy atom. The largest absolute Gasteiger partial charge is 0.391 e. The van der Waals surface area contributed by atoms with E-state index in [-0.39, 0.29) is 17.4 Å². The van der Waals surface area contributed by atoms with Crippen molar-refractivity contribution in [1.29, 1.82) is 0 Å². The molecule has 1 aromatic rings. The fraction of sp³-hybridized carbons (Fsp3) is 0.444. The molecule has 0 saturated carbocycles. The van der Waals surface area contributed by atoms with Gasteiger partial charge in [0, 0.05) is 14.1 Å². The Labute approximate surface area is 92.7 Å². The number of carbonyl (C=O) groups is 1. The lowest BCUT2D eigenvalue weighted by Crippen LogP contribution is -2.37. The van der Waals surface area contributed by atoms with Crippen LogP contribution in [0.3, 0.4) is 0 Å². The van der Waals surface area contributed by atoms with E-state index in [9.17, 15) is 9.59 Å². The van der Waals surface area contributed by atoms with Gasteiger partial charge in [0.15, 0.2) is 5.82 Å². The Kier molecular flexibility index (Phi) is 3.49. The lowest BCUT2D eigenvalue weighted by molar-refractivity contribution is -0.129. The molecule has 0 aliphatic carbocycles. The molecule has 0 spiro atoms. The third-order valence-corrected chi connectivity index (χ3v) is 2.05. The minimum Gasteiger partial charge on any atom is -0.391 e. The van der Waals surface area contributed by atoms with Crippen LogP contribution >= 0.6 is 0 Å². The van der Waals surface area contributed by atoms with Crippen LogP contribution in [0.4, 0.5) is 11.5 Å². The van der Waals surface area contributed by atoms with Gasteiger partial charge in [0.25, 0.3) is 5.56 Å². The van der Waals surface area contributed by atoms with E-state index in [4.69, 9.17) is 5.73 Å². The van der Waals surface area contributed by atoms with Gasteiger partial charge >= 0.3 is 0 Å². The van der Waals surface area contributed by atoms with Crippen LogP contribution < -0.4 is 16.6 Å². The number of H-pyrrole nitrogens is 1. The number of rotatable bonds is 3. The standard InChI is InChI=1S/C9H15N5O2/c1-5(9(16)14(2)3)13-7-6(10)8(15)12-4-11-7/h4-5H,10H2,1-3H3,(H2,11,12,13,15). The van der Waals surface area contributed by atoms with Crippen molar-refractivity contribution in [2.24, 2.45) is 0 Å². The predicted molar refractivity (Wildman–Crippen MR) is 61.0 cm³/mol. The maximum absolute atomic E-state index is 11.6. The summed E-state index contributed by atoms with van der Waals surface area (Å²) in [4.78, 5) is 30.4. The quantitative estimate of drug-likeness (QED) is 0.627. The van der Waals surface area contributed by atoms with Gasteiger partial charge < -0.3 is 20.9 Å². The fourth-order valence-electron chi connectivity index (χ4n) is 1.18. The molecule has 0 radical (unpaired) electrons. The first-order valence-electron chi connectivity index (χ1n) is 4.74. The minimum absolute atomic E-state index is 0.0269. The van der Waals surface area contributed by atoms with Crippen LogP contribution in [0, 0.1) is 0 Å². The van der Waals surface area contributed by atoms with E-state index in [1.54, 1.807) is 21.0 Å². The molecule has 1 unspecified atom stereocenters. The molecule has 0 bridgehead atoms. The van der Waals surface area contributed by atoms with Crippen LogP contribution in [0.5, 0.6) is 0 Å². The first-order valence-corrected chi connectivity index (χ1v) is 4.74. The molecule has 16 heavy (non-hydrogen) atoms. The first kappa shape index (κ1) is 12.0. The minimum atomic E-state index is -0.494. The SMILES string of the molecule is CC(Nc1nc[nH]c(=O)c1N)C(=O)N(C)C. The number of amides is 1. The highest BCUT2D eigenvalue weighted by Gasteiger charge is 2.16. The summed E-state index contributed by atoms with van der Waals surface area (Å²) in [6.45, 7) is 1.67. The second-order valence-electron chi connectivity index (χ2n) is 3.59. The number of likely N-dealkylation sites (N-methyl/N-ethyl adjacent to an activating group) is 1. The zero-order valence-corrected chi connectivity index (χ0v) is 9.44. The van der Waals surface area contributed by atoms with Gasteiger partial charge in [-0.2, -0.15) is 0 Å². The van der Waals surface area contributed by atoms with Gasteiger partial charge in [0.05, 0.1) is 6.33 Å². The Morgan fingerprint density at radius 1 is 1.62 bits per heavy atom. The molecule has 1 amide bonds. The summed E-state index contributed by atoms with van der Waals surface area (Å²) >= 11 is 0. The number of hydrogen-bond donors (Lipinski definition) is 3. The average Bonchev–Trinajstić information content (AvgIpc) is 2.23. The van der Waals surface area contributed by atoms with Crippen molar-refractivity contribution in [3.63, 3.8) is 0 Å². The van der Waals surface area contributed by atoms with Crippen LogP contribution in [0.2, 0.25) is 0 Å². The van der Waals surface area contributed by atoms with E-state index < -0.39 is 11.6 Å². The van der Waals surface area contributed by atoms with E-state index in [1.807, 2.05) is 0 Å². The summed E-state index contributed by atoms with van der Waals surface area (Å²) in [5, 5.41) is 2.78. The summed E-state index contributed by atoms with van der Waals surface area (Å²) in [6.07, 6.45) is 1.23. The van der Waals surface area contributed by atoms with Crippen molar-refractivity contribution in [3.8, 4) is 0 Å². The van der Waals surface area contributed by atoms with Crippen LogP contribution in [0.1, 0.15) is 6.92 Å². The van der Waals surface area contributed by atoms with E-state index in [0.717, 1.165) is 0 Å². The molecule has 1 atom stereocenters. The van der Waals surface area contributed by atoms with E-state index in [2.05, 4.69) is 15.3 Å². The molecule has 0 aliphatic rings.